The lowest BCUT2D eigenvalue weighted by Crippen LogP contribution is -2.48. The first-order valence-electron chi connectivity index (χ1n) is 9.86. The van der Waals surface area contributed by atoms with Crippen molar-refractivity contribution in [2.75, 3.05) is 13.1 Å². The summed E-state index contributed by atoms with van der Waals surface area (Å²) in [6.45, 7) is 3.10. The molecule has 2 fully saturated rings. The van der Waals surface area contributed by atoms with Crippen LogP contribution < -0.4 is 5.32 Å². The minimum Gasteiger partial charge on any atom is -0.467 e. The van der Waals surface area contributed by atoms with Crippen LogP contribution in [0.5, 0.6) is 0 Å². The van der Waals surface area contributed by atoms with Gasteiger partial charge < -0.3 is 14.6 Å². The van der Waals surface area contributed by atoms with Crippen molar-refractivity contribution in [3.05, 3.63) is 59.3 Å². The number of carbonyl (C=O) groups is 2. The highest BCUT2D eigenvalue weighted by molar-refractivity contribution is 5.83. The van der Waals surface area contributed by atoms with Crippen molar-refractivity contribution in [1.29, 1.82) is 0 Å². The van der Waals surface area contributed by atoms with Crippen molar-refractivity contribution >= 4 is 11.8 Å². The zero-order valence-electron chi connectivity index (χ0n) is 16.0. The van der Waals surface area contributed by atoms with Gasteiger partial charge in [0.25, 0.3) is 0 Å². The van der Waals surface area contributed by atoms with E-state index in [0.717, 1.165) is 18.4 Å². The second-order valence-corrected chi connectivity index (χ2v) is 7.95. The van der Waals surface area contributed by atoms with E-state index in [1.807, 2.05) is 17.0 Å². The summed E-state index contributed by atoms with van der Waals surface area (Å²) in [7, 11) is 0. The molecule has 1 aromatic carbocycles. The molecule has 0 bridgehead atoms. The predicted octanol–water partition coefficient (Wildman–Crippen LogP) is 3.39. The van der Waals surface area contributed by atoms with Gasteiger partial charge in [-0.25, -0.2) is 4.39 Å². The first kappa shape index (κ1) is 18.7. The number of nitrogens with one attached hydrogen (secondary N) is 1. The Bertz CT molecular complexity index is 861. The van der Waals surface area contributed by atoms with Crippen LogP contribution >= 0.6 is 0 Å². The number of rotatable bonds is 5. The average molecular weight is 384 g/mol. The van der Waals surface area contributed by atoms with Gasteiger partial charge in [-0.2, -0.15) is 0 Å². The number of carbonyl (C=O) groups excluding carboxylic acids is 2. The van der Waals surface area contributed by atoms with Gasteiger partial charge in [-0.15, -0.1) is 0 Å². The number of benzene rings is 1. The van der Waals surface area contributed by atoms with E-state index in [0.29, 0.717) is 37.4 Å². The van der Waals surface area contributed by atoms with E-state index in [2.05, 4.69) is 5.32 Å². The Morgan fingerprint density at radius 2 is 2.04 bits per heavy atom. The van der Waals surface area contributed by atoms with Crippen LogP contribution in [0.3, 0.4) is 0 Å². The van der Waals surface area contributed by atoms with Gasteiger partial charge >= 0.3 is 0 Å². The fourth-order valence-corrected chi connectivity index (χ4v) is 3.95. The Hall–Kier alpha value is -2.63. The molecule has 1 saturated carbocycles. The minimum atomic E-state index is -0.290. The van der Waals surface area contributed by atoms with Crippen LogP contribution in [0.1, 0.15) is 42.1 Å². The average Bonchev–Trinajstić information content (AvgIpc) is 3.42. The summed E-state index contributed by atoms with van der Waals surface area (Å²) in [6, 6.07) is 8.68. The molecule has 1 aliphatic heterocycles. The molecule has 0 spiro atoms. The van der Waals surface area contributed by atoms with E-state index in [9.17, 15) is 14.0 Å². The van der Waals surface area contributed by atoms with E-state index in [1.54, 1.807) is 25.3 Å². The SMILES string of the molecule is Cc1cc([C@H]2C[C@H](C(=O)NCc3ccco3)CN(C(=O)C3CC3)C2)ccc1F. The molecule has 1 N–H and O–H groups in total. The summed E-state index contributed by atoms with van der Waals surface area (Å²) >= 11 is 0. The van der Waals surface area contributed by atoms with Gasteiger partial charge in [0.2, 0.25) is 11.8 Å². The quantitative estimate of drug-likeness (QED) is 0.860. The first-order valence-corrected chi connectivity index (χ1v) is 9.86. The number of amides is 2. The topological polar surface area (TPSA) is 62.6 Å². The molecule has 6 heteroatoms. The van der Waals surface area contributed by atoms with Crippen molar-refractivity contribution < 1.29 is 18.4 Å². The third-order valence-corrected chi connectivity index (χ3v) is 5.73. The molecule has 2 atom stereocenters. The van der Waals surface area contributed by atoms with Crippen LogP contribution in [0, 0.1) is 24.6 Å². The largest absolute Gasteiger partial charge is 0.467 e. The van der Waals surface area contributed by atoms with E-state index in [-0.39, 0.29) is 35.4 Å². The number of halogens is 1. The molecule has 2 amide bonds. The van der Waals surface area contributed by atoms with Gasteiger partial charge in [0.1, 0.15) is 11.6 Å². The molecular weight excluding hydrogens is 359 g/mol. The van der Waals surface area contributed by atoms with Gasteiger partial charge in [-0.05, 0) is 55.5 Å². The molecule has 0 unspecified atom stereocenters. The summed E-state index contributed by atoms with van der Waals surface area (Å²) in [5.41, 5.74) is 1.57. The molecule has 5 nitrogen and oxygen atoms in total. The molecule has 28 heavy (non-hydrogen) atoms. The van der Waals surface area contributed by atoms with Crippen molar-refractivity contribution in [2.45, 2.75) is 38.6 Å². The van der Waals surface area contributed by atoms with Gasteiger partial charge in [-0.1, -0.05) is 12.1 Å². The standard InChI is InChI=1S/C22H25FN2O3/c1-14-9-16(6-7-20(14)23)17-10-18(13-25(12-17)22(27)15-4-5-15)21(26)24-11-19-3-2-8-28-19/h2-3,6-9,15,17-18H,4-5,10-13H2,1H3,(H,24,26)/t17-,18-/m0/s1. The lowest BCUT2D eigenvalue weighted by atomic mass is 9.83. The second-order valence-electron chi connectivity index (χ2n) is 7.95. The maximum Gasteiger partial charge on any atom is 0.225 e. The number of hydrogen-bond acceptors (Lipinski definition) is 3. The fourth-order valence-electron chi connectivity index (χ4n) is 3.95. The molecule has 0 radical (unpaired) electrons. The lowest BCUT2D eigenvalue weighted by Gasteiger charge is -2.37. The van der Waals surface area contributed by atoms with E-state index in [1.165, 1.54) is 6.07 Å². The lowest BCUT2D eigenvalue weighted by molar-refractivity contribution is -0.137. The van der Waals surface area contributed by atoms with Crippen molar-refractivity contribution in [3.8, 4) is 0 Å². The fraction of sp³-hybridized carbons (Fsp3) is 0.455. The minimum absolute atomic E-state index is 0.0233. The Balaban J connectivity index is 1.50. The number of hydrogen-bond donors (Lipinski definition) is 1. The summed E-state index contributed by atoms with van der Waals surface area (Å²) in [4.78, 5) is 27.3. The normalized spacial score (nSPS) is 22.1. The number of furan rings is 1. The van der Waals surface area contributed by atoms with Crippen LogP contribution in [-0.2, 0) is 16.1 Å². The highest BCUT2D eigenvalue weighted by Gasteiger charge is 2.39. The van der Waals surface area contributed by atoms with E-state index in [4.69, 9.17) is 4.42 Å². The number of nitrogens with zero attached hydrogens (tertiary/aromatic N) is 1. The Morgan fingerprint density at radius 1 is 1.21 bits per heavy atom. The maximum absolute atomic E-state index is 13.7. The van der Waals surface area contributed by atoms with Gasteiger partial charge in [0.05, 0.1) is 18.7 Å². The Morgan fingerprint density at radius 3 is 2.71 bits per heavy atom. The Kier molecular flexibility index (Phi) is 5.20. The molecule has 2 heterocycles. The maximum atomic E-state index is 13.7. The molecule has 1 aliphatic carbocycles. The van der Waals surface area contributed by atoms with Crippen LogP contribution in [0.2, 0.25) is 0 Å². The highest BCUT2D eigenvalue weighted by atomic mass is 19.1. The molecular formula is C22H25FN2O3. The monoisotopic (exact) mass is 384 g/mol. The summed E-state index contributed by atoms with van der Waals surface area (Å²) < 4.78 is 19.0. The van der Waals surface area contributed by atoms with E-state index < -0.39 is 0 Å². The summed E-state index contributed by atoms with van der Waals surface area (Å²) in [5.74, 6) is 0.373. The van der Waals surface area contributed by atoms with E-state index >= 15 is 0 Å². The third-order valence-electron chi connectivity index (χ3n) is 5.73. The molecule has 2 aromatic rings. The predicted molar refractivity (Wildman–Crippen MR) is 102 cm³/mol. The van der Waals surface area contributed by atoms with Crippen molar-refractivity contribution in [1.82, 2.24) is 10.2 Å². The zero-order valence-corrected chi connectivity index (χ0v) is 16.0. The summed E-state index contributed by atoms with van der Waals surface area (Å²) in [5, 5.41) is 2.92. The van der Waals surface area contributed by atoms with Crippen LogP contribution in [-0.4, -0.2) is 29.8 Å². The molecule has 1 saturated heterocycles. The van der Waals surface area contributed by atoms with Crippen LogP contribution in [0.25, 0.3) is 0 Å². The highest BCUT2D eigenvalue weighted by Crippen LogP contribution is 2.36. The van der Waals surface area contributed by atoms with Crippen LogP contribution in [0.15, 0.2) is 41.0 Å². The Labute approximate surface area is 163 Å². The number of aryl methyl sites for hydroxylation is 1. The first-order chi connectivity index (χ1) is 13.5. The van der Waals surface area contributed by atoms with Crippen LogP contribution in [0.4, 0.5) is 4.39 Å². The van der Waals surface area contributed by atoms with Crippen molar-refractivity contribution in [2.24, 2.45) is 11.8 Å². The van der Waals surface area contributed by atoms with Crippen molar-refractivity contribution in [3.63, 3.8) is 0 Å². The number of likely N-dealkylation sites (tertiary alicyclic amines) is 1. The second kappa shape index (κ2) is 7.78. The molecule has 148 valence electrons. The van der Waals surface area contributed by atoms with Gasteiger partial charge in [0.15, 0.2) is 0 Å². The zero-order chi connectivity index (χ0) is 19.7. The smallest absolute Gasteiger partial charge is 0.225 e. The van der Waals surface area contributed by atoms with Gasteiger partial charge in [-0.3, -0.25) is 9.59 Å². The molecule has 2 aliphatic rings. The third kappa shape index (κ3) is 4.11. The molecule has 1 aromatic heterocycles. The van der Waals surface area contributed by atoms with Gasteiger partial charge in [0, 0.05) is 24.9 Å². The summed E-state index contributed by atoms with van der Waals surface area (Å²) in [6.07, 6.45) is 4.09. The molecule has 4 rings (SSSR count). The number of piperidine rings is 1.